The molecule has 1 aromatic carbocycles. The topological polar surface area (TPSA) is 35.2 Å². The second-order valence-electron chi connectivity index (χ2n) is 4.37. The van der Waals surface area contributed by atoms with Crippen LogP contribution in [0.3, 0.4) is 0 Å². The van der Waals surface area contributed by atoms with Crippen LogP contribution in [0.15, 0.2) is 18.2 Å². The number of ether oxygens (including phenoxy) is 1. The molecule has 0 saturated heterocycles. The van der Waals surface area contributed by atoms with Crippen molar-refractivity contribution in [3.8, 4) is 0 Å². The smallest absolute Gasteiger partial charge is 0.104 e. The highest BCUT2D eigenvalue weighted by Crippen LogP contribution is 2.19. The van der Waals surface area contributed by atoms with Crippen LogP contribution in [-0.2, 0) is 11.3 Å². The minimum atomic E-state index is 0.362. The van der Waals surface area contributed by atoms with E-state index < -0.39 is 0 Å². The van der Waals surface area contributed by atoms with E-state index in [1.54, 1.807) is 6.07 Å². The molecule has 0 bridgehead atoms. The normalized spacial score (nSPS) is 10.9. The molecule has 0 fully saturated rings. The average Bonchev–Trinajstić information content (AvgIpc) is 2.36. The predicted molar refractivity (Wildman–Crippen MR) is 81.1 cm³/mol. The fraction of sp³-hybridized carbons (Fsp3) is 0.500. The Morgan fingerprint density at radius 1 is 1.39 bits per heavy atom. The summed E-state index contributed by atoms with van der Waals surface area (Å²) in [4.78, 5) is 0.362. The van der Waals surface area contributed by atoms with Gasteiger partial charge in [-0.05, 0) is 17.5 Å². The molecule has 0 unspecified atom stereocenters. The molecular formula is C14H20ClNOS. The summed E-state index contributed by atoms with van der Waals surface area (Å²) in [6, 6.07) is 5.59. The lowest BCUT2D eigenvalue weighted by atomic mass is 10.1. The second-order valence-corrected chi connectivity index (χ2v) is 5.22. The highest BCUT2D eigenvalue weighted by atomic mass is 35.5. The summed E-state index contributed by atoms with van der Waals surface area (Å²) in [5, 5.41) is 0.657. The van der Waals surface area contributed by atoms with Crippen molar-refractivity contribution in [2.75, 3.05) is 6.61 Å². The quantitative estimate of drug-likeness (QED) is 0.771. The van der Waals surface area contributed by atoms with Gasteiger partial charge >= 0.3 is 0 Å². The number of hydrogen-bond acceptors (Lipinski definition) is 2. The molecule has 0 spiro atoms. The average molecular weight is 286 g/mol. The summed E-state index contributed by atoms with van der Waals surface area (Å²) < 4.78 is 5.70. The number of thiocarbonyl (C=S) groups is 1. The maximum atomic E-state index is 6.16. The molecule has 0 aliphatic rings. The zero-order valence-corrected chi connectivity index (χ0v) is 12.5. The summed E-state index contributed by atoms with van der Waals surface area (Å²) in [7, 11) is 0. The minimum Gasteiger partial charge on any atom is -0.389 e. The van der Waals surface area contributed by atoms with Crippen LogP contribution < -0.4 is 5.73 Å². The first kappa shape index (κ1) is 15.4. The molecule has 1 aromatic rings. The van der Waals surface area contributed by atoms with Gasteiger partial charge in [-0.15, -0.1) is 0 Å². The minimum absolute atomic E-state index is 0.362. The molecule has 4 heteroatoms. The van der Waals surface area contributed by atoms with Crippen LogP contribution in [0.4, 0.5) is 0 Å². The third-order valence-electron chi connectivity index (χ3n) is 3.10. The van der Waals surface area contributed by atoms with Crippen LogP contribution in [0.2, 0.25) is 5.02 Å². The van der Waals surface area contributed by atoms with Gasteiger partial charge in [0.1, 0.15) is 4.99 Å². The van der Waals surface area contributed by atoms with E-state index in [1.807, 2.05) is 12.1 Å². The zero-order valence-electron chi connectivity index (χ0n) is 10.9. The number of halogens is 1. The molecule has 0 amide bonds. The fourth-order valence-corrected chi connectivity index (χ4v) is 2.04. The van der Waals surface area contributed by atoms with Crippen LogP contribution >= 0.6 is 23.8 Å². The molecule has 2 nitrogen and oxygen atoms in total. The molecule has 18 heavy (non-hydrogen) atoms. The summed E-state index contributed by atoms with van der Waals surface area (Å²) in [5.74, 6) is 0.625. The molecule has 100 valence electrons. The Labute approximate surface area is 119 Å². The van der Waals surface area contributed by atoms with Gasteiger partial charge in [-0.2, -0.15) is 0 Å². The van der Waals surface area contributed by atoms with E-state index in [1.165, 1.54) is 0 Å². The van der Waals surface area contributed by atoms with Gasteiger partial charge in [0.05, 0.1) is 6.61 Å². The largest absolute Gasteiger partial charge is 0.389 e. The predicted octanol–water partition coefficient (Wildman–Crippen LogP) is 3.93. The Kier molecular flexibility index (Phi) is 6.61. The Morgan fingerprint density at radius 2 is 2.06 bits per heavy atom. The number of benzene rings is 1. The lowest BCUT2D eigenvalue weighted by molar-refractivity contribution is 0.0844. The van der Waals surface area contributed by atoms with Gasteiger partial charge in [-0.3, -0.25) is 0 Å². The molecule has 0 saturated carbocycles. The van der Waals surface area contributed by atoms with Gasteiger partial charge in [0, 0.05) is 17.2 Å². The maximum Gasteiger partial charge on any atom is 0.104 e. The molecule has 0 heterocycles. The van der Waals surface area contributed by atoms with E-state index >= 15 is 0 Å². The van der Waals surface area contributed by atoms with Crippen LogP contribution in [0.25, 0.3) is 0 Å². The zero-order chi connectivity index (χ0) is 13.5. The Hall–Kier alpha value is -0.640. The van der Waals surface area contributed by atoms with Crippen LogP contribution in [0.5, 0.6) is 0 Å². The highest BCUT2D eigenvalue weighted by molar-refractivity contribution is 7.80. The standard InChI is InChI=1S/C14H20ClNOS/c1-3-10(4-2)8-17-9-12-6-5-11(14(16)18)7-13(12)15/h5-7,10H,3-4,8-9H2,1-2H3,(H2,16,18). The highest BCUT2D eigenvalue weighted by Gasteiger charge is 2.06. The van der Waals surface area contributed by atoms with E-state index in [0.717, 1.165) is 30.6 Å². The molecule has 0 aliphatic heterocycles. The third kappa shape index (κ3) is 4.56. The van der Waals surface area contributed by atoms with Gasteiger partial charge in [0.2, 0.25) is 0 Å². The van der Waals surface area contributed by atoms with Gasteiger partial charge < -0.3 is 10.5 Å². The van der Waals surface area contributed by atoms with Crippen molar-refractivity contribution in [2.45, 2.75) is 33.3 Å². The fourth-order valence-electron chi connectivity index (χ4n) is 1.68. The Bertz CT molecular complexity index is 405. The summed E-state index contributed by atoms with van der Waals surface area (Å²) in [5.41, 5.74) is 7.32. The lowest BCUT2D eigenvalue weighted by Crippen LogP contribution is -2.10. The SMILES string of the molecule is CCC(CC)COCc1ccc(C(N)=S)cc1Cl. The third-order valence-corrected chi connectivity index (χ3v) is 3.69. The van der Waals surface area contributed by atoms with Crippen molar-refractivity contribution in [1.29, 1.82) is 0 Å². The van der Waals surface area contributed by atoms with E-state index in [4.69, 9.17) is 34.3 Å². The number of hydrogen-bond donors (Lipinski definition) is 1. The van der Waals surface area contributed by atoms with Crippen molar-refractivity contribution in [2.24, 2.45) is 11.7 Å². The maximum absolute atomic E-state index is 6.16. The molecule has 1 rings (SSSR count). The van der Waals surface area contributed by atoms with Gasteiger partial charge in [0.25, 0.3) is 0 Å². The van der Waals surface area contributed by atoms with E-state index in [0.29, 0.717) is 22.5 Å². The van der Waals surface area contributed by atoms with E-state index in [-0.39, 0.29) is 0 Å². The molecule has 0 aliphatic carbocycles. The Morgan fingerprint density at radius 3 is 2.56 bits per heavy atom. The van der Waals surface area contributed by atoms with Crippen LogP contribution in [0, 0.1) is 5.92 Å². The van der Waals surface area contributed by atoms with Crippen molar-refractivity contribution >= 4 is 28.8 Å². The molecule has 0 aromatic heterocycles. The van der Waals surface area contributed by atoms with Crippen molar-refractivity contribution in [1.82, 2.24) is 0 Å². The van der Waals surface area contributed by atoms with Gasteiger partial charge in [-0.25, -0.2) is 0 Å². The van der Waals surface area contributed by atoms with Crippen LogP contribution in [-0.4, -0.2) is 11.6 Å². The molecule has 2 N–H and O–H groups in total. The molecule has 0 radical (unpaired) electrons. The lowest BCUT2D eigenvalue weighted by Gasteiger charge is -2.13. The van der Waals surface area contributed by atoms with Gasteiger partial charge in [0.15, 0.2) is 0 Å². The van der Waals surface area contributed by atoms with Crippen molar-refractivity contribution in [3.63, 3.8) is 0 Å². The monoisotopic (exact) mass is 285 g/mol. The van der Waals surface area contributed by atoms with Gasteiger partial charge in [-0.1, -0.05) is 62.6 Å². The number of nitrogens with two attached hydrogens (primary N) is 1. The molecule has 0 atom stereocenters. The van der Waals surface area contributed by atoms with Crippen molar-refractivity contribution < 1.29 is 4.74 Å². The van der Waals surface area contributed by atoms with Crippen LogP contribution in [0.1, 0.15) is 37.8 Å². The summed E-state index contributed by atoms with van der Waals surface area (Å²) in [6.45, 7) is 5.68. The first-order valence-electron chi connectivity index (χ1n) is 6.24. The summed E-state index contributed by atoms with van der Waals surface area (Å²) >= 11 is 11.1. The summed E-state index contributed by atoms with van der Waals surface area (Å²) in [6.07, 6.45) is 2.29. The van der Waals surface area contributed by atoms with E-state index in [9.17, 15) is 0 Å². The first-order chi connectivity index (χ1) is 8.58. The molecular weight excluding hydrogens is 266 g/mol. The first-order valence-corrected chi connectivity index (χ1v) is 7.03. The number of rotatable bonds is 7. The second kappa shape index (κ2) is 7.72. The van der Waals surface area contributed by atoms with E-state index in [2.05, 4.69) is 13.8 Å². The Balaban J connectivity index is 2.55. The van der Waals surface area contributed by atoms with Crippen molar-refractivity contribution in [3.05, 3.63) is 34.3 Å².